The fourth-order valence-electron chi connectivity index (χ4n) is 4.13. The minimum atomic E-state index is -0.200. The van der Waals surface area contributed by atoms with E-state index in [1.54, 1.807) is 0 Å². The van der Waals surface area contributed by atoms with Gasteiger partial charge in [0.2, 0.25) is 5.91 Å². The van der Waals surface area contributed by atoms with Crippen LogP contribution in [-0.2, 0) is 9.53 Å². The lowest BCUT2D eigenvalue weighted by atomic mass is 9.95. The largest absolute Gasteiger partial charge is 0.378 e. The molecule has 0 radical (unpaired) electrons. The average molecular weight is 367 g/mol. The molecule has 1 saturated heterocycles. The van der Waals surface area contributed by atoms with Crippen molar-refractivity contribution in [3.8, 4) is 0 Å². The highest BCUT2D eigenvalue weighted by Gasteiger charge is 2.23. The highest BCUT2D eigenvalue weighted by atomic mass is 16.5. The first-order valence-electron chi connectivity index (χ1n) is 10.5. The molecule has 0 aromatic rings. The molecule has 1 amide bonds. The van der Waals surface area contributed by atoms with Gasteiger partial charge in [-0.1, -0.05) is 25.7 Å². The number of guanidine groups is 1. The van der Waals surface area contributed by atoms with Gasteiger partial charge >= 0.3 is 0 Å². The standard InChI is InChI=1S/C20H38N4O2/c1-22-20(24-13-8-9-17(16-24)15-19(21)25)23-12-6-7-14-26-18-10-4-2-3-5-11-18/h17-18H,2-16H2,1H3,(H2,21,25)(H,22,23). The fourth-order valence-corrected chi connectivity index (χ4v) is 4.13. The molecule has 1 saturated carbocycles. The van der Waals surface area contributed by atoms with Gasteiger partial charge < -0.3 is 20.7 Å². The van der Waals surface area contributed by atoms with Gasteiger partial charge in [0.05, 0.1) is 6.10 Å². The number of ether oxygens (including phenoxy) is 1. The van der Waals surface area contributed by atoms with Crippen LogP contribution in [0.5, 0.6) is 0 Å². The third-order valence-corrected chi connectivity index (χ3v) is 5.53. The first kappa shape index (κ1) is 21.0. The molecule has 0 aromatic heterocycles. The molecule has 1 heterocycles. The van der Waals surface area contributed by atoms with Crippen LogP contribution in [0.25, 0.3) is 0 Å². The molecule has 1 atom stereocenters. The molecule has 6 heteroatoms. The summed E-state index contributed by atoms with van der Waals surface area (Å²) in [5, 5.41) is 3.47. The maximum absolute atomic E-state index is 11.2. The molecular weight excluding hydrogens is 328 g/mol. The van der Waals surface area contributed by atoms with Gasteiger partial charge in [-0.25, -0.2) is 0 Å². The zero-order chi connectivity index (χ0) is 18.6. The first-order chi connectivity index (χ1) is 12.7. The number of nitrogens with zero attached hydrogens (tertiary/aromatic N) is 2. The summed E-state index contributed by atoms with van der Waals surface area (Å²) < 4.78 is 6.05. The van der Waals surface area contributed by atoms with E-state index in [1.807, 2.05) is 7.05 Å². The van der Waals surface area contributed by atoms with Crippen LogP contribution < -0.4 is 11.1 Å². The number of rotatable bonds is 8. The molecule has 0 bridgehead atoms. The van der Waals surface area contributed by atoms with Crippen molar-refractivity contribution < 1.29 is 9.53 Å². The topological polar surface area (TPSA) is 80.0 Å². The van der Waals surface area contributed by atoms with Gasteiger partial charge in [-0.15, -0.1) is 0 Å². The van der Waals surface area contributed by atoms with E-state index in [0.717, 1.165) is 57.9 Å². The van der Waals surface area contributed by atoms with Gasteiger partial charge in [-0.05, 0) is 44.4 Å². The van der Waals surface area contributed by atoms with Crippen molar-refractivity contribution in [3.63, 3.8) is 0 Å². The third kappa shape index (κ3) is 7.94. The van der Waals surface area contributed by atoms with E-state index >= 15 is 0 Å². The van der Waals surface area contributed by atoms with Gasteiger partial charge in [0.15, 0.2) is 5.96 Å². The van der Waals surface area contributed by atoms with Crippen LogP contribution in [0.2, 0.25) is 0 Å². The lowest BCUT2D eigenvalue weighted by molar-refractivity contribution is -0.119. The minimum Gasteiger partial charge on any atom is -0.378 e. The molecule has 1 unspecified atom stereocenters. The number of piperidine rings is 1. The van der Waals surface area contributed by atoms with E-state index in [9.17, 15) is 4.79 Å². The summed E-state index contributed by atoms with van der Waals surface area (Å²) in [6.45, 7) is 3.65. The predicted molar refractivity (Wildman–Crippen MR) is 106 cm³/mol. The molecule has 150 valence electrons. The summed E-state index contributed by atoms with van der Waals surface area (Å²) in [7, 11) is 1.83. The Bertz CT molecular complexity index is 434. The second-order valence-electron chi connectivity index (χ2n) is 7.79. The Morgan fingerprint density at radius 2 is 1.92 bits per heavy atom. The van der Waals surface area contributed by atoms with Crippen molar-refractivity contribution >= 4 is 11.9 Å². The Hall–Kier alpha value is -1.30. The number of carbonyl (C=O) groups is 1. The van der Waals surface area contributed by atoms with Crippen LogP contribution in [0.15, 0.2) is 4.99 Å². The van der Waals surface area contributed by atoms with Crippen LogP contribution in [0.4, 0.5) is 0 Å². The fraction of sp³-hybridized carbons (Fsp3) is 0.900. The van der Waals surface area contributed by atoms with Crippen molar-refractivity contribution in [1.82, 2.24) is 10.2 Å². The van der Waals surface area contributed by atoms with E-state index in [0.29, 0.717) is 18.4 Å². The summed E-state index contributed by atoms with van der Waals surface area (Å²) in [6, 6.07) is 0. The summed E-state index contributed by atoms with van der Waals surface area (Å²) in [4.78, 5) is 17.8. The normalized spacial score (nSPS) is 22.9. The predicted octanol–water partition coefficient (Wildman–Crippen LogP) is 2.67. The van der Waals surface area contributed by atoms with Gasteiger partial charge in [-0.2, -0.15) is 0 Å². The van der Waals surface area contributed by atoms with E-state index in [1.165, 1.54) is 38.5 Å². The quantitative estimate of drug-likeness (QED) is 0.300. The molecule has 0 spiro atoms. The van der Waals surface area contributed by atoms with Gasteiger partial charge in [0.1, 0.15) is 0 Å². The number of hydrogen-bond acceptors (Lipinski definition) is 3. The van der Waals surface area contributed by atoms with Crippen molar-refractivity contribution in [2.45, 2.75) is 76.7 Å². The Labute approximate surface area is 158 Å². The van der Waals surface area contributed by atoms with Gasteiger partial charge in [0.25, 0.3) is 0 Å². The summed E-state index contributed by atoms with van der Waals surface area (Å²) in [5.74, 6) is 1.10. The highest BCUT2D eigenvalue weighted by molar-refractivity contribution is 5.80. The van der Waals surface area contributed by atoms with Crippen molar-refractivity contribution in [1.29, 1.82) is 0 Å². The Kier molecular flexibility index (Phi) is 9.82. The molecule has 1 aliphatic heterocycles. The van der Waals surface area contributed by atoms with Crippen LogP contribution >= 0.6 is 0 Å². The number of primary amides is 1. The van der Waals surface area contributed by atoms with Crippen molar-refractivity contribution in [3.05, 3.63) is 0 Å². The average Bonchev–Trinajstić information content (AvgIpc) is 2.89. The second-order valence-corrected chi connectivity index (χ2v) is 7.79. The highest BCUT2D eigenvalue weighted by Crippen LogP contribution is 2.20. The van der Waals surface area contributed by atoms with Crippen molar-refractivity contribution in [2.75, 3.05) is 33.3 Å². The number of unbranched alkanes of at least 4 members (excludes halogenated alkanes) is 1. The number of likely N-dealkylation sites (tertiary alicyclic amines) is 1. The lowest BCUT2D eigenvalue weighted by Crippen LogP contribution is -2.47. The molecule has 2 rings (SSSR count). The summed E-state index contributed by atoms with van der Waals surface area (Å²) in [5.41, 5.74) is 5.35. The van der Waals surface area contributed by atoms with Crippen molar-refractivity contribution in [2.24, 2.45) is 16.6 Å². The smallest absolute Gasteiger partial charge is 0.217 e. The Morgan fingerprint density at radius 3 is 2.62 bits per heavy atom. The number of nitrogens with one attached hydrogen (secondary N) is 1. The SMILES string of the molecule is CN=C(NCCCCOC1CCCCCC1)N1CCCC(CC(N)=O)C1. The van der Waals surface area contributed by atoms with E-state index < -0.39 is 0 Å². The molecule has 1 aliphatic carbocycles. The van der Waals surface area contributed by atoms with Gasteiger partial charge in [-0.3, -0.25) is 9.79 Å². The van der Waals surface area contributed by atoms with E-state index in [2.05, 4.69) is 15.2 Å². The zero-order valence-corrected chi connectivity index (χ0v) is 16.5. The zero-order valence-electron chi connectivity index (χ0n) is 16.5. The molecule has 2 fully saturated rings. The second kappa shape index (κ2) is 12.2. The van der Waals surface area contributed by atoms with Crippen LogP contribution in [0, 0.1) is 5.92 Å². The molecule has 0 aromatic carbocycles. The van der Waals surface area contributed by atoms with Gasteiger partial charge in [0, 0.05) is 39.7 Å². The summed E-state index contributed by atoms with van der Waals surface area (Å²) >= 11 is 0. The Morgan fingerprint density at radius 1 is 1.15 bits per heavy atom. The number of aliphatic imine (C=N–C) groups is 1. The third-order valence-electron chi connectivity index (χ3n) is 5.53. The number of hydrogen-bond donors (Lipinski definition) is 2. The maximum atomic E-state index is 11.2. The lowest BCUT2D eigenvalue weighted by Gasteiger charge is -2.34. The van der Waals surface area contributed by atoms with Crippen LogP contribution in [0.3, 0.4) is 0 Å². The first-order valence-corrected chi connectivity index (χ1v) is 10.5. The molecule has 6 nitrogen and oxygen atoms in total. The number of nitrogens with two attached hydrogens (primary N) is 1. The van der Waals surface area contributed by atoms with Crippen LogP contribution in [0.1, 0.15) is 70.6 Å². The van der Waals surface area contributed by atoms with Crippen LogP contribution in [-0.4, -0.2) is 56.2 Å². The molecule has 3 N–H and O–H groups in total. The molecule has 26 heavy (non-hydrogen) atoms. The number of carbonyl (C=O) groups excluding carboxylic acids is 1. The van der Waals surface area contributed by atoms with E-state index in [4.69, 9.17) is 10.5 Å². The van der Waals surface area contributed by atoms with E-state index in [-0.39, 0.29) is 5.91 Å². The molecule has 2 aliphatic rings. The maximum Gasteiger partial charge on any atom is 0.217 e. The summed E-state index contributed by atoms with van der Waals surface area (Å²) in [6.07, 6.45) is 13.2. The minimum absolute atomic E-state index is 0.200. The monoisotopic (exact) mass is 366 g/mol. The molecular formula is C20H38N4O2. The number of amides is 1. The Balaban J connectivity index is 1.58.